The zero-order valence-electron chi connectivity index (χ0n) is 13.2. The van der Waals surface area contributed by atoms with Gasteiger partial charge in [0.05, 0.1) is 17.3 Å². The lowest BCUT2D eigenvalue weighted by molar-refractivity contribution is -0.0914. The molecule has 0 saturated carbocycles. The topological polar surface area (TPSA) is 32.7 Å². The molecule has 3 unspecified atom stereocenters. The molecule has 0 aromatic heterocycles. The van der Waals surface area contributed by atoms with Crippen molar-refractivity contribution < 1.29 is 9.84 Å². The van der Waals surface area contributed by atoms with Gasteiger partial charge in [0.15, 0.2) is 0 Å². The minimum Gasteiger partial charge on any atom is -0.390 e. The van der Waals surface area contributed by atoms with Crippen LogP contribution >= 0.6 is 0 Å². The molecule has 0 aromatic rings. The van der Waals surface area contributed by atoms with Crippen molar-refractivity contribution in [3.8, 4) is 0 Å². The van der Waals surface area contributed by atoms with Crippen LogP contribution in [0.2, 0.25) is 0 Å². The average Bonchev–Trinajstić information content (AvgIpc) is 2.36. The van der Waals surface area contributed by atoms with Gasteiger partial charge in [-0.2, -0.15) is 0 Å². The van der Waals surface area contributed by atoms with E-state index < -0.39 is 11.7 Å². The van der Waals surface area contributed by atoms with Crippen LogP contribution in [0.3, 0.4) is 0 Å². The molecule has 0 bridgehead atoms. The minimum absolute atomic E-state index is 0.164. The summed E-state index contributed by atoms with van der Waals surface area (Å²) >= 11 is 0. The summed E-state index contributed by atoms with van der Waals surface area (Å²) in [7, 11) is 2.15. The average molecular weight is 257 g/mol. The first kappa shape index (κ1) is 15.9. The van der Waals surface area contributed by atoms with E-state index in [1.165, 1.54) is 12.8 Å². The van der Waals surface area contributed by atoms with Crippen LogP contribution in [-0.2, 0) is 4.74 Å². The number of rotatable bonds is 5. The molecule has 0 aliphatic carbocycles. The lowest BCUT2D eigenvalue weighted by Gasteiger charge is -2.33. The predicted molar refractivity (Wildman–Crippen MR) is 75.7 cm³/mol. The molecule has 0 radical (unpaired) electrons. The number of hydrogen-bond acceptors (Lipinski definition) is 3. The Kier molecular flexibility index (Phi) is 4.85. The standard InChI is InChI=1S/C15H31NO2/c1-8-9-11(2)16(7)10-12-13(17)15(5,6)18-14(12,3)4/h11-13,17H,8-10H2,1-7H3. The minimum atomic E-state index is -0.441. The van der Waals surface area contributed by atoms with Crippen molar-refractivity contribution in [1.29, 1.82) is 0 Å². The Morgan fingerprint density at radius 2 is 1.78 bits per heavy atom. The summed E-state index contributed by atoms with van der Waals surface area (Å²) in [5, 5.41) is 10.5. The van der Waals surface area contributed by atoms with Crippen molar-refractivity contribution in [2.75, 3.05) is 13.6 Å². The molecule has 18 heavy (non-hydrogen) atoms. The van der Waals surface area contributed by atoms with Crippen LogP contribution in [-0.4, -0.2) is 46.9 Å². The number of nitrogens with zero attached hydrogens (tertiary/aromatic N) is 1. The second-order valence-electron chi connectivity index (χ2n) is 6.94. The smallest absolute Gasteiger partial charge is 0.0896 e. The maximum absolute atomic E-state index is 10.5. The number of aliphatic hydroxyl groups is 1. The van der Waals surface area contributed by atoms with Gasteiger partial charge in [0.25, 0.3) is 0 Å². The van der Waals surface area contributed by atoms with E-state index >= 15 is 0 Å². The summed E-state index contributed by atoms with van der Waals surface area (Å²) in [6.45, 7) is 13.5. The van der Waals surface area contributed by atoms with Crippen molar-refractivity contribution in [3.05, 3.63) is 0 Å². The van der Waals surface area contributed by atoms with Crippen molar-refractivity contribution in [1.82, 2.24) is 4.90 Å². The summed E-state index contributed by atoms with van der Waals surface area (Å²) in [5.41, 5.74) is -0.702. The Hall–Kier alpha value is -0.120. The molecule has 1 N–H and O–H groups in total. The third-order valence-electron chi connectivity index (χ3n) is 4.46. The second kappa shape index (κ2) is 5.48. The van der Waals surface area contributed by atoms with Gasteiger partial charge in [0, 0.05) is 18.5 Å². The molecule has 3 nitrogen and oxygen atoms in total. The Bertz CT molecular complexity index is 276. The maximum atomic E-state index is 10.5. The Balaban J connectivity index is 2.71. The summed E-state index contributed by atoms with van der Waals surface area (Å²) in [6, 6.07) is 0.557. The van der Waals surface area contributed by atoms with Gasteiger partial charge in [0.2, 0.25) is 0 Å². The van der Waals surface area contributed by atoms with Gasteiger partial charge >= 0.3 is 0 Å². The molecule has 1 heterocycles. The van der Waals surface area contributed by atoms with E-state index in [1.54, 1.807) is 0 Å². The van der Waals surface area contributed by atoms with Gasteiger partial charge in [-0.15, -0.1) is 0 Å². The van der Waals surface area contributed by atoms with Crippen molar-refractivity contribution in [2.24, 2.45) is 5.92 Å². The molecule has 1 fully saturated rings. The number of ether oxygens (including phenoxy) is 1. The van der Waals surface area contributed by atoms with Crippen LogP contribution in [0.4, 0.5) is 0 Å². The van der Waals surface area contributed by atoms with Crippen LogP contribution in [0, 0.1) is 5.92 Å². The van der Waals surface area contributed by atoms with E-state index in [0.29, 0.717) is 6.04 Å². The SMILES string of the molecule is CCCC(C)N(C)CC1C(O)C(C)(C)OC1(C)C. The number of aliphatic hydroxyl groups excluding tert-OH is 1. The lowest BCUT2D eigenvalue weighted by Crippen LogP contribution is -2.44. The van der Waals surface area contributed by atoms with Gasteiger partial charge in [0.1, 0.15) is 0 Å². The predicted octanol–water partition coefficient (Wildman–Crippen LogP) is 2.67. The van der Waals surface area contributed by atoms with Gasteiger partial charge in [-0.3, -0.25) is 0 Å². The first-order valence-corrected chi connectivity index (χ1v) is 7.20. The Morgan fingerprint density at radius 1 is 1.22 bits per heavy atom. The molecule has 0 spiro atoms. The highest BCUT2D eigenvalue weighted by Crippen LogP contribution is 2.42. The molecule has 3 atom stereocenters. The summed E-state index contributed by atoms with van der Waals surface area (Å²) < 4.78 is 6.02. The molecule has 0 amide bonds. The Morgan fingerprint density at radius 3 is 2.17 bits per heavy atom. The van der Waals surface area contributed by atoms with Crippen LogP contribution < -0.4 is 0 Å². The molecular formula is C15H31NO2. The highest BCUT2D eigenvalue weighted by Gasteiger charge is 2.53. The fourth-order valence-electron chi connectivity index (χ4n) is 3.13. The van der Waals surface area contributed by atoms with E-state index in [0.717, 1.165) is 6.54 Å². The third-order valence-corrected chi connectivity index (χ3v) is 4.46. The fraction of sp³-hybridized carbons (Fsp3) is 1.00. The zero-order chi connectivity index (χ0) is 14.1. The van der Waals surface area contributed by atoms with Gasteiger partial charge in [-0.1, -0.05) is 13.3 Å². The monoisotopic (exact) mass is 257 g/mol. The van der Waals surface area contributed by atoms with E-state index in [1.807, 2.05) is 13.8 Å². The van der Waals surface area contributed by atoms with Gasteiger partial charge in [-0.05, 0) is 48.1 Å². The molecule has 1 aliphatic heterocycles. The summed E-state index contributed by atoms with van der Waals surface area (Å²) in [5.74, 6) is 0.164. The maximum Gasteiger partial charge on any atom is 0.0896 e. The quantitative estimate of drug-likeness (QED) is 0.822. The zero-order valence-corrected chi connectivity index (χ0v) is 13.2. The summed E-state index contributed by atoms with van der Waals surface area (Å²) in [6.07, 6.45) is 2.00. The lowest BCUT2D eigenvalue weighted by atomic mass is 9.84. The van der Waals surface area contributed by atoms with Crippen molar-refractivity contribution in [3.63, 3.8) is 0 Å². The van der Waals surface area contributed by atoms with E-state index in [-0.39, 0.29) is 11.5 Å². The first-order chi connectivity index (χ1) is 8.12. The van der Waals surface area contributed by atoms with Crippen LogP contribution in [0.5, 0.6) is 0 Å². The van der Waals surface area contributed by atoms with Crippen molar-refractivity contribution >= 4 is 0 Å². The highest BCUT2D eigenvalue weighted by molar-refractivity contribution is 5.02. The van der Waals surface area contributed by atoms with Crippen LogP contribution in [0.15, 0.2) is 0 Å². The molecule has 3 heteroatoms. The highest BCUT2D eigenvalue weighted by atomic mass is 16.5. The van der Waals surface area contributed by atoms with Crippen molar-refractivity contribution in [2.45, 2.75) is 77.7 Å². The van der Waals surface area contributed by atoms with E-state index in [2.05, 4.69) is 39.6 Å². The molecule has 1 saturated heterocycles. The molecule has 1 rings (SSSR count). The summed E-state index contributed by atoms with van der Waals surface area (Å²) in [4.78, 5) is 2.35. The molecule has 1 aliphatic rings. The van der Waals surface area contributed by atoms with E-state index in [4.69, 9.17) is 4.74 Å². The van der Waals surface area contributed by atoms with E-state index in [9.17, 15) is 5.11 Å². The third kappa shape index (κ3) is 3.25. The molecule has 0 aromatic carbocycles. The van der Waals surface area contributed by atoms with Crippen LogP contribution in [0.25, 0.3) is 0 Å². The normalized spacial score (nSPS) is 31.8. The fourth-order valence-corrected chi connectivity index (χ4v) is 3.13. The Labute approximate surface area is 113 Å². The molecule has 108 valence electrons. The number of hydrogen-bond donors (Lipinski definition) is 1. The first-order valence-electron chi connectivity index (χ1n) is 7.20. The van der Waals surface area contributed by atoms with Gasteiger partial charge < -0.3 is 14.7 Å². The molecular weight excluding hydrogens is 226 g/mol. The van der Waals surface area contributed by atoms with Gasteiger partial charge in [-0.25, -0.2) is 0 Å². The second-order valence-corrected chi connectivity index (χ2v) is 6.94. The van der Waals surface area contributed by atoms with Crippen LogP contribution in [0.1, 0.15) is 54.4 Å². The largest absolute Gasteiger partial charge is 0.390 e.